The van der Waals surface area contributed by atoms with Crippen molar-refractivity contribution in [2.45, 2.75) is 25.0 Å². The molecule has 1 heteroatoms. The van der Waals surface area contributed by atoms with E-state index in [0.29, 0.717) is 12.2 Å². The molecule has 1 saturated heterocycles. The van der Waals surface area contributed by atoms with E-state index in [1.807, 2.05) is 0 Å². The highest BCUT2D eigenvalue weighted by Crippen LogP contribution is 2.27. The molecule has 0 aromatic rings. The summed E-state index contributed by atoms with van der Waals surface area (Å²) in [6, 6.07) is 0. The monoisotopic (exact) mass is 94.0 g/mol. The van der Waals surface area contributed by atoms with Gasteiger partial charge in [-0.3, -0.25) is 0 Å². The fourth-order valence-electron chi connectivity index (χ4n) is 0.877. The highest BCUT2D eigenvalue weighted by atomic mass is 16.6. The van der Waals surface area contributed by atoms with Gasteiger partial charge in [0.1, 0.15) is 6.10 Å². The van der Waals surface area contributed by atoms with Crippen LogP contribution in [0.2, 0.25) is 0 Å². The Morgan fingerprint density at radius 2 is 2.57 bits per heavy atom. The van der Waals surface area contributed by atoms with Crippen LogP contribution in [0.4, 0.5) is 0 Å². The maximum Gasteiger partial charge on any atom is 0.144 e. The lowest BCUT2D eigenvalue weighted by Crippen LogP contribution is -1.93. The lowest BCUT2D eigenvalue weighted by atomic mass is 10.1. The summed E-state index contributed by atoms with van der Waals surface area (Å²) in [6.07, 6.45) is 3.08. The van der Waals surface area contributed by atoms with Crippen molar-refractivity contribution < 1.29 is 4.74 Å². The van der Waals surface area contributed by atoms with Crippen molar-refractivity contribution in [3.05, 3.63) is 0 Å². The Morgan fingerprint density at radius 1 is 1.57 bits per heavy atom. The lowest BCUT2D eigenvalue weighted by molar-refractivity contribution is 0.386. The number of ether oxygens (including phenoxy) is 1. The fourth-order valence-corrected chi connectivity index (χ4v) is 0.877. The van der Waals surface area contributed by atoms with Crippen LogP contribution in [-0.4, -0.2) is 12.2 Å². The van der Waals surface area contributed by atoms with Gasteiger partial charge in [-0.25, -0.2) is 0 Å². The molecule has 0 saturated carbocycles. The summed E-state index contributed by atoms with van der Waals surface area (Å²) in [5.41, 5.74) is 0. The first-order valence-electron chi connectivity index (χ1n) is 2.61. The van der Waals surface area contributed by atoms with Crippen molar-refractivity contribution in [1.82, 2.24) is 0 Å². The van der Waals surface area contributed by atoms with Gasteiger partial charge in [0.25, 0.3) is 0 Å². The highest BCUT2D eigenvalue weighted by molar-refractivity contribution is 5.18. The molecule has 0 N–H and O–H groups in total. The number of rotatable bonds is 0. The van der Waals surface area contributed by atoms with Crippen LogP contribution in [0.25, 0.3) is 0 Å². The molecule has 1 aliphatic carbocycles. The van der Waals surface area contributed by atoms with E-state index in [-0.39, 0.29) is 0 Å². The smallest absolute Gasteiger partial charge is 0.144 e. The Hall–Kier alpha value is -0.480. The van der Waals surface area contributed by atoms with Crippen molar-refractivity contribution in [3.63, 3.8) is 0 Å². The van der Waals surface area contributed by atoms with Gasteiger partial charge in [0.05, 0.1) is 6.10 Å². The van der Waals surface area contributed by atoms with Gasteiger partial charge in [-0.05, 0) is 6.42 Å². The predicted molar refractivity (Wildman–Crippen MR) is 25.7 cm³/mol. The van der Waals surface area contributed by atoms with Crippen molar-refractivity contribution in [2.75, 3.05) is 0 Å². The maximum atomic E-state index is 5.10. The van der Waals surface area contributed by atoms with Crippen molar-refractivity contribution in [2.24, 2.45) is 0 Å². The zero-order valence-corrected chi connectivity index (χ0v) is 3.98. The number of hydrogen-bond donors (Lipinski definition) is 0. The number of hydrogen-bond acceptors (Lipinski definition) is 1. The Kier molecular flexibility index (Phi) is 0.511. The van der Waals surface area contributed by atoms with Gasteiger partial charge in [-0.2, -0.15) is 0 Å². The molecule has 1 nitrogen and oxygen atoms in total. The molecule has 0 aromatic carbocycles. The summed E-state index contributed by atoms with van der Waals surface area (Å²) in [4.78, 5) is 0. The van der Waals surface area contributed by atoms with Gasteiger partial charge < -0.3 is 4.74 Å². The molecule has 0 radical (unpaired) electrons. The van der Waals surface area contributed by atoms with E-state index in [9.17, 15) is 0 Å². The Morgan fingerprint density at radius 3 is 3.14 bits per heavy atom. The summed E-state index contributed by atoms with van der Waals surface area (Å²) in [6.45, 7) is 0. The van der Waals surface area contributed by atoms with Crippen LogP contribution in [-0.2, 0) is 4.74 Å². The summed E-state index contributed by atoms with van der Waals surface area (Å²) >= 11 is 0. The van der Waals surface area contributed by atoms with E-state index in [1.165, 1.54) is 0 Å². The van der Waals surface area contributed by atoms with Gasteiger partial charge in [-0.15, -0.1) is 5.92 Å². The SMILES string of the molecule is C1#CC2OC2CC1. The molecule has 2 aliphatic rings. The molecule has 2 rings (SSSR count). The quantitative estimate of drug-likeness (QED) is 0.315. The molecule has 0 amide bonds. The van der Waals surface area contributed by atoms with E-state index in [2.05, 4.69) is 11.8 Å². The van der Waals surface area contributed by atoms with Gasteiger partial charge >= 0.3 is 0 Å². The van der Waals surface area contributed by atoms with E-state index in [0.717, 1.165) is 12.8 Å². The summed E-state index contributed by atoms with van der Waals surface area (Å²) in [5.74, 6) is 5.98. The fraction of sp³-hybridized carbons (Fsp3) is 0.667. The maximum absolute atomic E-state index is 5.10. The summed E-state index contributed by atoms with van der Waals surface area (Å²) < 4.78 is 5.10. The molecule has 0 spiro atoms. The van der Waals surface area contributed by atoms with Crippen LogP contribution in [0.15, 0.2) is 0 Å². The van der Waals surface area contributed by atoms with E-state index >= 15 is 0 Å². The minimum atomic E-state index is 0.341. The Balaban J connectivity index is 2.21. The first kappa shape index (κ1) is 3.51. The second-order valence-corrected chi connectivity index (χ2v) is 1.95. The lowest BCUT2D eigenvalue weighted by Gasteiger charge is -1.87. The summed E-state index contributed by atoms with van der Waals surface area (Å²) in [7, 11) is 0. The van der Waals surface area contributed by atoms with Gasteiger partial charge in [0.2, 0.25) is 0 Å². The third-order valence-electron chi connectivity index (χ3n) is 1.38. The van der Waals surface area contributed by atoms with Crippen molar-refractivity contribution in [3.8, 4) is 11.8 Å². The number of fused-ring (bicyclic) bond motifs is 1. The third-order valence-corrected chi connectivity index (χ3v) is 1.38. The van der Waals surface area contributed by atoms with Gasteiger partial charge in [-0.1, -0.05) is 5.92 Å². The van der Waals surface area contributed by atoms with E-state index in [4.69, 9.17) is 4.74 Å². The normalized spacial score (nSPS) is 43.4. The average molecular weight is 94.1 g/mol. The summed E-state index contributed by atoms with van der Waals surface area (Å²) in [5, 5.41) is 0. The first-order chi connectivity index (χ1) is 3.47. The molecule has 1 aliphatic heterocycles. The molecule has 0 bridgehead atoms. The second kappa shape index (κ2) is 1.02. The minimum Gasteiger partial charge on any atom is -0.356 e. The molecule has 2 unspecified atom stereocenters. The van der Waals surface area contributed by atoms with Gasteiger partial charge in [0, 0.05) is 6.42 Å². The molecule has 2 atom stereocenters. The zero-order valence-electron chi connectivity index (χ0n) is 3.98. The van der Waals surface area contributed by atoms with Crippen LogP contribution in [0.3, 0.4) is 0 Å². The molecule has 7 heavy (non-hydrogen) atoms. The van der Waals surface area contributed by atoms with Crippen LogP contribution in [0.5, 0.6) is 0 Å². The first-order valence-corrected chi connectivity index (χ1v) is 2.61. The van der Waals surface area contributed by atoms with Crippen molar-refractivity contribution >= 4 is 0 Å². The standard InChI is InChI=1S/C6H6O/c1-2-4-6-5(3-1)7-6/h5-6H,1,3H2. The van der Waals surface area contributed by atoms with E-state index in [1.54, 1.807) is 0 Å². The van der Waals surface area contributed by atoms with E-state index < -0.39 is 0 Å². The molecular formula is C6H6O. The van der Waals surface area contributed by atoms with Crippen LogP contribution < -0.4 is 0 Å². The van der Waals surface area contributed by atoms with Crippen LogP contribution in [0.1, 0.15) is 12.8 Å². The molecule has 36 valence electrons. The minimum absolute atomic E-state index is 0.341. The average Bonchev–Trinajstić information content (AvgIpc) is 2.41. The number of epoxide rings is 1. The zero-order chi connectivity index (χ0) is 4.69. The topological polar surface area (TPSA) is 12.5 Å². The molecule has 1 fully saturated rings. The Bertz CT molecular complexity index is 140. The van der Waals surface area contributed by atoms with Crippen molar-refractivity contribution in [1.29, 1.82) is 0 Å². The van der Waals surface area contributed by atoms with Crippen LogP contribution in [0, 0.1) is 11.8 Å². The highest BCUT2D eigenvalue weighted by Gasteiger charge is 2.37. The van der Waals surface area contributed by atoms with Gasteiger partial charge in [0.15, 0.2) is 0 Å². The second-order valence-electron chi connectivity index (χ2n) is 1.95. The Labute approximate surface area is 42.7 Å². The molecular weight excluding hydrogens is 88.1 g/mol. The molecule has 0 aromatic heterocycles. The predicted octanol–water partition coefficient (Wildman–Crippen LogP) is 0.551. The third kappa shape index (κ3) is 0.436. The largest absolute Gasteiger partial charge is 0.356 e. The molecule has 1 heterocycles. The van der Waals surface area contributed by atoms with Crippen LogP contribution >= 0.6 is 0 Å².